The van der Waals surface area contributed by atoms with Crippen LogP contribution in [0, 0.1) is 17.6 Å². The molecule has 0 bridgehead atoms. The standard InChI is InChI=1S/C25H26F2N4O2/c1-16-11-13-31(14-12-16)24-10-8-22(29-30-24)18-3-6-20(7-4-18)28-25(32)17(2)33-23-9-5-19(26)15-21(23)27/h3-10,15-17H,11-14H2,1-2H3,(H,28,32). The number of ether oxygens (including phenoxy) is 1. The van der Waals surface area contributed by atoms with Gasteiger partial charge in [-0.25, -0.2) is 8.78 Å². The van der Waals surface area contributed by atoms with Gasteiger partial charge in [-0.2, -0.15) is 0 Å². The van der Waals surface area contributed by atoms with E-state index < -0.39 is 23.6 Å². The third-order valence-corrected chi connectivity index (χ3v) is 5.77. The lowest BCUT2D eigenvalue weighted by molar-refractivity contribution is -0.122. The number of carbonyl (C=O) groups is 1. The lowest BCUT2D eigenvalue weighted by atomic mass is 9.99. The normalized spacial score (nSPS) is 15.2. The number of hydrogen-bond donors (Lipinski definition) is 1. The van der Waals surface area contributed by atoms with Crippen molar-refractivity contribution >= 4 is 17.4 Å². The number of halogens is 2. The molecule has 0 spiro atoms. The first-order valence-electron chi connectivity index (χ1n) is 11.0. The SMILES string of the molecule is CC1CCN(c2ccc(-c3ccc(NC(=O)C(C)Oc4ccc(F)cc4F)cc3)nn2)CC1. The number of amides is 1. The van der Waals surface area contributed by atoms with Gasteiger partial charge in [-0.15, -0.1) is 10.2 Å². The Kier molecular flexibility index (Phi) is 6.82. The van der Waals surface area contributed by atoms with Gasteiger partial charge in [0, 0.05) is 30.4 Å². The number of benzene rings is 2. The van der Waals surface area contributed by atoms with E-state index >= 15 is 0 Å². The summed E-state index contributed by atoms with van der Waals surface area (Å²) < 4.78 is 32.1. The van der Waals surface area contributed by atoms with Crippen LogP contribution in [0.5, 0.6) is 5.75 Å². The molecular formula is C25H26F2N4O2. The highest BCUT2D eigenvalue weighted by molar-refractivity contribution is 5.94. The largest absolute Gasteiger partial charge is 0.478 e. The molecule has 172 valence electrons. The molecule has 6 nitrogen and oxygen atoms in total. The third-order valence-electron chi connectivity index (χ3n) is 5.77. The number of hydrogen-bond acceptors (Lipinski definition) is 5. The van der Waals surface area contributed by atoms with Gasteiger partial charge < -0.3 is 15.0 Å². The summed E-state index contributed by atoms with van der Waals surface area (Å²) in [5, 5.41) is 11.5. The van der Waals surface area contributed by atoms with Crippen molar-refractivity contribution in [2.24, 2.45) is 5.92 Å². The molecule has 3 aromatic rings. The van der Waals surface area contributed by atoms with Crippen LogP contribution in [0.1, 0.15) is 26.7 Å². The minimum atomic E-state index is -0.971. The summed E-state index contributed by atoms with van der Waals surface area (Å²) in [4.78, 5) is 14.7. The van der Waals surface area contributed by atoms with Crippen molar-refractivity contribution in [1.29, 1.82) is 0 Å². The summed E-state index contributed by atoms with van der Waals surface area (Å²) in [7, 11) is 0. The zero-order valence-electron chi connectivity index (χ0n) is 18.6. The molecule has 1 N–H and O–H groups in total. The summed E-state index contributed by atoms with van der Waals surface area (Å²) in [5.74, 6) is -0.562. The topological polar surface area (TPSA) is 67.4 Å². The summed E-state index contributed by atoms with van der Waals surface area (Å²) in [6, 6.07) is 14.1. The zero-order valence-corrected chi connectivity index (χ0v) is 18.6. The average molecular weight is 453 g/mol. The van der Waals surface area contributed by atoms with Gasteiger partial charge in [0.15, 0.2) is 23.5 Å². The van der Waals surface area contributed by atoms with Crippen molar-refractivity contribution in [1.82, 2.24) is 10.2 Å². The first-order chi connectivity index (χ1) is 15.9. The molecular weight excluding hydrogens is 426 g/mol. The molecule has 0 aliphatic carbocycles. The second kappa shape index (κ2) is 9.94. The number of nitrogens with zero attached hydrogens (tertiary/aromatic N) is 3. The van der Waals surface area contributed by atoms with Gasteiger partial charge in [-0.1, -0.05) is 19.1 Å². The highest BCUT2D eigenvalue weighted by Gasteiger charge is 2.18. The molecule has 1 aliphatic rings. The molecule has 2 aromatic carbocycles. The van der Waals surface area contributed by atoms with Gasteiger partial charge in [-0.3, -0.25) is 4.79 Å². The Balaban J connectivity index is 1.35. The van der Waals surface area contributed by atoms with E-state index in [1.807, 2.05) is 24.3 Å². The Labute approximate surface area is 191 Å². The Morgan fingerprint density at radius 3 is 2.42 bits per heavy atom. The second-order valence-electron chi connectivity index (χ2n) is 8.35. The maximum atomic E-state index is 13.7. The summed E-state index contributed by atoms with van der Waals surface area (Å²) in [6.45, 7) is 5.77. The molecule has 4 rings (SSSR count). The van der Waals surface area contributed by atoms with Gasteiger partial charge in [0.2, 0.25) is 0 Å². The van der Waals surface area contributed by atoms with Crippen LogP contribution < -0.4 is 15.0 Å². The smallest absolute Gasteiger partial charge is 0.265 e. The van der Waals surface area contributed by atoms with E-state index in [0.29, 0.717) is 11.8 Å². The molecule has 2 heterocycles. The van der Waals surface area contributed by atoms with E-state index in [4.69, 9.17) is 4.74 Å². The Hall–Kier alpha value is -3.55. The fraction of sp³-hybridized carbons (Fsp3) is 0.320. The Morgan fingerprint density at radius 1 is 1.06 bits per heavy atom. The van der Waals surface area contributed by atoms with Crippen molar-refractivity contribution in [3.63, 3.8) is 0 Å². The van der Waals surface area contributed by atoms with Crippen LogP contribution in [0.2, 0.25) is 0 Å². The second-order valence-corrected chi connectivity index (χ2v) is 8.35. The van der Waals surface area contributed by atoms with Crippen LogP contribution in [0.4, 0.5) is 20.3 Å². The number of carbonyl (C=O) groups excluding carboxylic acids is 1. The van der Waals surface area contributed by atoms with Crippen molar-refractivity contribution in [2.45, 2.75) is 32.8 Å². The molecule has 1 unspecified atom stereocenters. The minimum absolute atomic E-state index is 0.185. The van der Waals surface area contributed by atoms with Crippen LogP contribution >= 0.6 is 0 Å². The molecule has 0 radical (unpaired) electrons. The van der Waals surface area contributed by atoms with Crippen molar-refractivity contribution in [3.8, 4) is 17.0 Å². The molecule has 1 saturated heterocycles. The molecule has 1 fully saturated rings. The third kappa shape index (κ3) is 5.63. The number of aromatic nitrogens is 2. The maximum absolute atomic E-state index is 13.7. The van der Waals surface area contributed by atoms with Crippen molar-refractivity contribution in [2.75, 3.05) is 23.3 Å². The number of nitrogens with one attached hydrogen (secondary N) is 1. The van der Waals surface area contributed by atoms with Gasteiger partial charge in [0.25, 0.3) is 5.91 Å². The first-order valence-corrected chi connectivity index (χ1v) is 11.0. The van der Waals surface area contributed by atoms with Gasteiger partial charge in [0.05, 0.1) is 5.69 Å². The van der Waals surface area contributed by atoms with Crippen LogP contribution in [0.15, 0.2) is 54.6 Å². The van der Waals surface area contributed by atoms with Crippen LogP contribution in [0.25, 0.3) is 11.3 Å². The van der Waals surface area contributed by atoms with E-state index in [9.17, 15) is 13.6 Å². The average Bonchev–Trinajstić information content (AvgIpc) is 2.82. The predicted octanol–water partition coefficient (Wildman–Crippen LogP) is 5.06. The zero-order chi connectivity index (χ0) is 23.4. The van der Waals surface area contributed by atoms with Crippen LogP contribution in [-0.4, -0.2) is 35.3 Å². The van der Waals surface area contributed by atoms with E-state index in [0.717, 1.165) is 48.2 Å². The minimum Gasteiger partial charge on any atom is -0.478 e. The maximum Gasteiger partial charge on any atom is 0.265 e. The Bertz CT molecular complexity index is 1100. The molecule has 33 heavy (non-hydrogen) atoms. The monoisotopic (exact) mass is 452 g/mol. The molecule has 1 aliphatic heterocycles. The van der Waals surface area contributed by atoms with Gasteiger partial charge >= 0.3 is 0 Å². The highest BCUT2D eigenvalue weighted by atomic mass is 19.1. The molecule has 1 amide bonds. The number of piperidine rings is 1. The molecule has 1 atom stereocenters. The number of anilines is 2. The quantitative estimate of drug-likeness (QED) is 0.566. The van der Waals surface area contributed by atoms with E-state index in [1.54, 1.807) is 12.1 Å². The molecule has 1 aromatic heterocycles. The summed E-state index contributed by atoms with van der Waals surface area (Å²) >= 11 is 0. The molecule has 8 heteroatoms. The summed E-state index contributed by atoms with van der Waals surface area (Å²) in [5.41, 5.74) is 2.17. The lowest BCUT2D eigenvalue weighted by Gasteiger charge is -2.30. The van der Waals surface area contributed by atoms with E-state index in [1.165, 1.54) is 19.8 Å². The van der Waals surface area contributed by atoms with Crippen LogP contribution in [-0.2, 0) is 4.79 Å². The fourth-order valence-corrected chi connectivity index (χ4v) is 3.67. The fourth-order valence-electron chi connectivity index (χ4n) is 3.67. The van der Waals surface area contributed by atoms with Crippen molar-refractivity contribution in [3.05, 3.63) is 66.2 Å². The predicted molar refractivity (Wildman–Crippen MR) is 123 cm³/mol. The van der Waals surface area contributed by atoms with Crippen LogP contribution in [0.3, 0.4) is 0 Å². The van der Waals surface area contributed by atoms with Gasteiger partial charge in [-0.05, 0) is 62.1 Å². The van der Waals surface area contributed by atoms with E-state index in [-0.39, 0.29) is 5.75 Å². The lowest BCUT2D eigenvalue weighted by Crippen LogP contribution is -2.33. The van der Waals surface area contributed by atoms with Crippen molar-refractivity contribution < 1.29 is 18.3 Å². The van der Waals surface area contributed by atoms with E-state index in [2.05, 4.69) is 27.3 Å². The summed E-state index contributed by atoms with van der Waals surface area (Å²) in [6.07, 6.45) is 1.36. The highest BCUT2D eigenvalue weighted by Crippen LogP contribution is 2.24. The Morgan fingerprint density at radius 2 is 1.79 bits per heavy atom. The molecule has 0 saturated carbocycles. The first kappa shape index (κ1) is 22.6. The number of rotatable bonds is 6. The van der Waals surface area contributed by atoms with Gasteiger partial charge in [0.1, 0.15) is 5.82 Å².